The van der Waals surface area contributed by atoms with Crippen molar-refractivity contribution in [2.24, 2.45) is 0 Å². The van der Waals surface area contributed by atoms with Crippen LogP contribution in [0.5, 0.6) is 0 Å². The molecule has 0 aliphatic heterocycles. The second-order valence-corrected chi connectivity index (χ2v) is 5.38. The van der Waals surface area contributed by atoms with Gasteiger partial charge in [-0.05, 0) is 39.2 Å². The summed E-state index contributed by atoms with van der Waals surface area (Å²) < 4.78 is 5.63. The molecule has 1 unspecified atom stereocenters. The fourth-order valence-corrected chi connectivity index (χ4v) is 2.04. The highest BCUT2D eigenvalue weighted by atomic mass is 16.5. The van der Waals surface area contributed by atoms with E-state index in [0.717, 1.165) is 12.8 Å². The Morgan fingerprint density at radius 3 is 2.58 bits per heavy atom. The highest BCUT2D eigenvalue weighted by Gasteiger charge is 2.24. The summed E-state index contributed by atoms with van der Waals surface area (Å²) in [4.78, 5) is 0. The highest BCUT2D eigenvalue weighted by molar-refractivity contribution is 5.14. The molecular formula is C16H24N2O. The first kappa shape index (κ1) is 15.7. The third-order valence-electron chi connectivity index (χ3n) is 2.84. The third kappa shape index (κ3) is 6.37. The average Bonchev–Trinajstić information content (AvgIpc) is 2.39. The minimum Gasteiger partial charge on any atom is -0.378 e. The van der Waals surface area contributed by atoms with Crippen LogP contribution in [0.2, 0.25) is 0 Å². The zero-order valence-electron chi connectivity index (χ0n) is 12.1. The smallest absolute Gasteiger partial charge is 0.127 e. The first-order chi connectivity index (χ1) is 9.06. The van der Waals surface area contributed by atoms with Crippen LogP contribution in [0, 0.1) is 11.3 Å². The lowest BCUT2D eigenvalue weighted by Gasteiger charge is -2.25. The van der Waals surface area contributed by atoms with Crippen molar-refractivity contribution in [1.82, 2.24) is 5.32 Å². The minimum atomic E-state index is -0.596. The molecule has 0 aliphatic carbocycles. The van der Waals surface area contributed by atoms with E-state index in [1.807, 2.05) is 26.8 Å². The van der Waals surface area contributed by atoms with E-state index in [-0.39, 0.29) is 6.04 Å². The van der Waals surface area contributed by atoms with Crippen molar-refractivity contribution in [3.63, 3.8) is 0 Å². The van der Waals surface area contributed by atoms with Gasteiger partial charge in [-0.3, -0.25) is 5.32 Å². The van der Waals surface area contributed by atoms with Crippen molar-refractivity contribution in [3.05, 3.63) is 35.9 Å². The molecule has 0 saturated heterocycles. The molecule has 104 valence electrons. The van der Waals surface area contributed by atoms with Crippen LogP contribution < -0.4 is 5.32 Å². The molecule has 0 aromatic heterocycles. The maximum Gasteiger partial charge on any atom is 0.127 e. The molecule has 0 aliphatic rings. The van der Waals surface area contributed by atoms with Crippen molar-refractivity contribution >= 4 is 0 Å². The molecule has 1 rings (SSSR count). The monoisotopic (exact) mass is 260 g/mol. The molecule has 0 spiro atoms. The largest absolute Gasteiger partial charge is 0.378 e. The van der Waals surface area contributed by atoms with Gasteiger partial charge in [0.2, 0.25) is 0 Å². The molecule has 1 aromatic carbocycles. The Kier molecular flexibility index (Phi) is 6.55. The quantitative estimate of drug-likeness (QED) is 0.731. The number of benzene rings is 1. The number of aryl methyl sites for hydroxylation is 1. The van der Waals surface area contributed by atoms with E-state index in [1.54, 1.807) is 0 Å². The number of nitriles is 1. The number of ether oxygens (including phenoxy) is 1. The van der Waals surface area contributed by atoms with E-state index in [0.29, 0.717) is 13.2 Å². The summed E-state index contributed by atoms with van der Waals surface area (Å²) in [6, 6.07) is 12.9. The number of hydrogen-bond acceptors (Lipinski definition) is 3. The van der Waals surface area contributed by atoms with Crippen molar-refractivity contribution in [2.45, 2.75) is 45.2 Å². The molecule has 0 saturated carbocycles. The number of nitrogens with one attached hydrogen (secondary N) is 1. The van der Waals surface area contributed by atoms with Gasteiger partial charge >= 0.3 is 0 Å². The molecular weight excluding hydrogens is 236 g/mol. The average molecular weight is 260 g/mol. The van der Waals surface area contributed by atoms with E-state index in [4.69, 9.17) is 4.74 Å². The maximum atomic E-state index is 9.18. The lowest BCUT2D eigenvalue weighted by atomic mass is 10.1. The fraction of sp³-hybridized carbons (Fsp3) is 0.562. The molecule has 3 heteroatoms. The van der Waals surface area contributed by atoms with Crippen LogP contribution in [-0.4, -0.2) is 24.8 Å². The van der Waals surface area contributed by atoms with Gasteiger partial charge in [0, 0.05) is 12.6 Å². The highest BCUT2D eigenvalue weighted by Crippen LogP contribution is 2.06. The predicted octanol–water partition coefficient (Wildman–Crippen LogP) is 2.92. The Labute approximate surface area is 116 Å². The Morgan fingerprint density at radius 2 is 2.00 bits per heavy atom. The first-order valence-electron chi connectivity index (χ1n) is 6.86. The van der Waals surface area contributed by atoms with Crippen LogP contribution in [0.1, 0.15) is 32.8 Å². The summed E-state index contributed by atoms with van der Waals surface area (Å²) in [5, 5.41) is 12.4. The SMILES string of the molecule is CC(C)NC(C)(C#N)COCCCc1ccccc1. The van der Waals surface area contributed by atoms with Crippen molar-refractivity contribution in [2.75, 3.05) is 13.2 Å². The topological polar surface area (TPSA) is 45.0 Å². The van der Waals surface area contributed by atoms with Gasteiger partial charge in [-0.25, -0.2) is 0 Å². The van der Waals surface area contributed by atoms with Gasteiger partial charge in [-0.1, -0.05) is 30.3 Å². The van der Waals surface area contributed by atoms with Crippen molar-refractivity contribution in [1.29, 1.82) is 5.26 Å². The third-order valence-corrected chi connectivity index (χ3v) is 2.84. The maximum absolute atomic E-state index is 9.18. The second kappa shape index (κ2) is 7.93. The van der Waals surface area contributed by atoms with Crippen LogP contribution in [-0.2, 0) is 11.2 Å². The van der Waals surface area contributed by atoms with Crippen LogP contribution in [0.25, 0.3) is 0 Å². The second-order valence-electron chi connectivity index (χ2n) is 5.38. The van der Waals surface area contributed by atoms with Crippen LogP contribution in [0.4, 0.5) is 0 Å². The Morgan fingerprint density at radius 1 is 1.32 bits per heavy atom. The van der Waals surface area contributed by atoms with E-state index in [1.165, 1.54) is 5.56 Å². The summed E-state index contributed by atoms with van der Waals surface area (Å²) in [6.07, 6.45) is 1.99. The van der Waals surface area contributed by atoms with Gasteiger partial charge in [0.05, 0.1) is 12.7 Å². The zero-order valence-corrected chi connectivity index (χ0v) is 12.1. The Balaban J connectivity index is 2.21. The van der Waals surface area contributed by atoms with Gasteiger partial charge in [0.1, 0.15) is 5.54 Å². The van der Waals surface area contributed by atoms with Gasteiger partial charge in [0.25, 0.3) is 0 Å². The molecule has 0 heterocycles. The van der Waals surface area contributed by atoms with E-state index in [2.05, 4.69) is 35.7 Å². The lowest BCUT2D eigenvalue weighted by Crippen LogP contribution is -2.48. The summed E-state index contributed by atoms with van der Waals surface area (Å²) in [5.74, 6) is 0. The van der Waals surface area contributed by atoms with E-state index >= 15 is 0 Å². The molecule has 0 radical (unpaired) electrons. The molecule has 1 aromatic rings. The first-order valence-corrected chi connectivity index (χ1v) is 6.86. The van der Waals surface area contributed by atoms with Gasteiger partial charge in [-0.15, -0.1) is 0 Å². The molecule has 1 N–H and O–H groups in total. The molecule has 0 amide bonds. The van der Waals surface area contributed by atoms with Crippen LogP contribution >= 0.6 is 0 Å². The summed E-state index contributed by atoms with van der Waals surface area (Å²) in [5.41, 5.74) is 0.732. The molecule has 0 fully saturated rings. The van der Waals surface area contributed by atoms with Crippen LogP contribution in [0.15, 0.2) is 30.3 Å². The summed E-state index contributed by atoms with van der Waals surface area (Å²) in [6.45, 7) is 7.06. The van der Waals surface area contributed by atoms with Gasteiger partial charge in [0.15, 0.2) is 0 Å². The Hall–Kier alpha value is -1.37. The van der Waals surface area contributed by atoms with Gasteiger partial charge < -0.3 is 4.74 Å². The lowest BCUT2D eigenvalue weighted by molar-refractivity contribution is 0.0907. The standard InChI is InChI=1S/C16H24N2O/c1-14(2)18-16(3,12-17)13-19-11-7-10-15-8-5-4-6-9-15/h4-6,8-9,14,18H,7,10-11,13H2,1-3H3. The molecule has 3 nitrogen and oxygen atoms in total. The zero-order chi connectivity index (χ0) is 14.1. The van der Waals surface area contributed by atoms with Crippen molar-refractivity contribution < 1.29 is 4.74 Å². The van der Waals surface area contributed by atoms with Crippen LogP contribution in [0.3, 0.4) is 0 Å². The van der Waals surface area contributed by atoms with Crippen molar-refractivity contribution in [3.8, 4) is 6.07 Å². The number of rotatable bonds is 8. The minimum absolute atomic E-state index is 0.276. The Bertz CT molecular complexity index is 397. The van der Waals surface area contributed by atoms with E-state index in [9.17, 15) is 5.26 Å². The molecule has 0 bridgehead atoms. The van der Waals surface area contributed by atoms with Gasteiger partial charge in [-0.2, -0.15) is 5.26 Å². The molecule has 1 atom stereocenters. The number of hydrogen-bond donors (Lipinski definition) is 1. The fourth-order valence-electron chi connectivity index (χ4n) is 2.04. The molecule has 19 heavy (non-hydrogen) atoms. The number of nitrogens with zero attached hydrogens (tertiary/aromatic N) is 1. The van der Waals surface area contributed by atoms with E-state index < -0.39 is 5.54 Å². The normalized spacial score (nSPS) is 14.1. The summed E-state index contributed by atoms with van der Waals surface area (Å²) in [7, 11) is 0. The summed E-state index contributed by atoms with van der Waals surface area (Å²) >= 11 is 0. The predicted molar refractivity (Wildman–Crippen MR) is 77.9 cm³/mol.